The zero-order chi connectivity index (χ0) is 15.8. The number of tetrazole rings is 1. The Morgan fingerprint density at radius 1 is 1.43 bits per heavy atom. The van der Waals surface area contributed by atoms with Gasteiger partial charge >= 0.3 is 0 Å². The molecule has 0 aliphatic heterocycles. The molecule has 1 saturated carbocycles. The van der Waals surface area contributed by atoms with Crippen molar-refractivity contribution in [2.75, 3.05) is 5.32 Å². The van der Waals surface area contributed by atoms with E-state index in [0.29, 0.717) is 21.7 Å². The summed E-state index contributed by atoms with van der Waals surface area (Å²) in [5.74, 6) is 0.0169. The highest BCUT2D eigenvalue weighted by Crippen LogP contribution is 2.38. The predicted molar refractivity (Wildman–Crippen MR) is 81.6 cm³/mol. The Balaban J connectivity index is 1.74. The first kappa shape index (κ1) is 14.0. The van der Waals surface area contributed by atoms with E-state index in [1.807, 2.05) is 0 Å². The lowest BCUT2D eigenvalue weighted by Crippen LogP contribution is -2.25. The molecule has 2 heterocycles. The fraction of sp³-hybridized carbons (Fsp3) is 0.286. The summed E-state index contributed by atoms with van der Waals surface area (Å²) in [6, 6.07) is 5.12. The van der Waals surface area contributed by atoms with Crippen LogP contribution in [0.2, 0.25) is 5.02 Å². The van der Waals surface area contributed by atoms with E-state index in [9.17, 15) is 4.79 Å². The molecule has 1 aliphatic carbocycles. The SMILES string of the molecule is O=C(Nc1nn[nH]n1)c1oc2ccc(Cl)cc2c1OC1CCC1. The normalized spacial score (nSPS) is 14.7. The number of furan rings is 1. The number of fused-ring (bicyclic) bond motifs is 1. The number of aromatic amines is 1. The molecule has 0 atom stereocenters. The van der Waals surface area contributed by atoms with Gasteiger partial charge < -0.3 is 9.15 Å². The van der Waals surface area contributed by atoms with Gasteiger partial charge in [0.05, 0.1) is 11.5 Å². The lowest BCUT2D eigenvalue weighted by atomic mass is 9.96. The monoisotopic (exact) mass is 333 g/mol. The molecule has 4 rings (SSSR count). The second-order valence-electron chi connectivity index (χ2n) is 5.26. The zero-order valence-electron chi connectivity index (χ0n) is 11.9. The van der Waals surface area contributed by atoms with Gasteiger partial charge in [0.2, 0.25) is 5.76 Å². The van der Waals surface area contributed by atoms with Crippen molar-refractivity contribution < 1.29 is 13.9 Å². The van der Waals surface area contributed by atoms with Crippen LogP contribution < -0.4 is 10.1 Å². The summed E-state index contributed by atoms with van der Waals surface area (Å²) >= 11 is 6.05. The van der Waals surface area contributed by atoms with Crippen molar-refractivity contribution in [2.24, 2.45) is 0 Å². The second kappa shape index (κ2) is 5.54. The largest absolute Gasteiger partial charge is 0.486 e. The second-order valence-corrected chi connectivity index (χ2v) is 5.70. The molecule has 1 amide bonds. The molecule has 0 spiro atoms. The fourth-order valence-corrected chi connectivity index (χ4v) is 2.51. The molecule has 8 nitrogen and oxygen atoms in total. The van der Waals surface area contributed by atoms with Gasteiger partial charge in [0.1, 0.15) is 5.58 Å². The Hall–Kier alpha value is -2.61. The first-order valence-corrected chi connectivity index (χ1v) is 7.52. The summed E-state index contributed by atoms with van der Waals surface area (Å²) in [6.07, 6.45) is 3.12. The van der Waals surface area contributed by atoms with E-state index < -0.39 is 5.91 Å². The van der Waals surface area contributed by atoms with E-state index in [2.05, 4.69) is 25.9 Å². The molecule has 2 N–H and O–H groups in total. The number of rotatable bonds is 4. The van der Waals surface area contributed by atoms with Crippen molar-refractivity contribution in [3.8, 4) is 5.75 Å². The molecule has 0 unspecified atom stereocenters. The maximum Gasteiger partial charge on any atom is 0.297 e. The number of nitrogens with one attached hydrogen (secondary N) is 2. The Kier molecular flexibility index (Phi) is 3.38. The van der Waals surface area contributed by atoms with Crippen molar-refractivity contribution >= 4 is 34.4 Å². The summed E-state index contributed by atoms with van der Waals surface area (Å²) in [6.45, 7) is 0. The number of nitrogens with zero attached hydrogens (tertiary/aromatic N) is 3. The lowest BCUT2D eigenvalue weighted by Gasteiger charge is -2.26. The van der Waals surface area contributed by atoms with Crippen LogP contribution in [0.3, 0.4) is 0 Å². The molecular weight excluding hydrogens is 322 g/mol. The van der Waals surface area contributed by atoms with Crippen molar-refractivity contribution in [3.05, 3.63) is 29.0 Å². The Bertz CT molecular complexity index is 857. The highest BCUT2D eigenvalue weighted by Gasteiger charge is 2.28. The summed E-state index contributed by atoms with van der Waals surface area (Å²) in [5.41, 5.74) is 0.530. The van der Waals surface area contributed by atoms with Crippen LogP contribution in [0, 0.1) is 0 Å². The summed E-state index contributed by atoms with van der Waals surface area (Å²) in [4.78, 5) is 12.4. The third-order valence-corrected chi connectivity index (χ3v) is 3.95. The van der Waals surface area contributed by atoms with Gasteiger partial charge in [-0.25, -0.2) is 0 Å². The maximum absolute atomic E-state index is 12.4. The van der Waals surface area contributed by atoms with E-state index in [1.54, 1.807) is 18.2 Å². The van der Waals surface area contributed by atoms with Gasteiger partial charge in [0.25, 0.3) is 11.9 Å². The van der Waals surface area contributed by atoms with Crippen LogP contribution in [0.15, 0.2) is 22.6 Å². The van der Waals surface area contributed by atoms with E-state index in [0.717, 1.165) is 19.3 Å². The van der Waals surface area contributed by atoms with Crippen LogP contribution >= 0.6 is 11.6 Å². The number of aromatic nitrogens is 4. The number of halogens is 1. The number of amides is 1. The number of ether oxygens (including phenoxy) is 1. The van der Waals surface area contributed by atoms with E-state index in [1.165, 1.54) is 0 Å². The molecule has 2 aromatic heterocycles. The van der Waals surface area contributed by atoms with Gasteiger partial charge in [-0.05, 0) is 42.7 Å². The van der Waals surface area contributed by atoms with E-state index in [4.69, 9.17) is 20.8 Å². The molecule has 0 bridgehead atoms. The van der Waals surface area contributed by atoms with Gasteiger partial charge in [0, 0.05) is 5.02 Å². The number of H-pyrrole nitrogens is 1. The molecule has 9 heteroatoms. The van der Waals surface area contributed by atoms with Crippen LogP contribution in [0.5, 0.6) is 5.75 Å². The van der Waals surface area contributed by atoms with Crippen molar-refractivity contribution in [3.63, 3.8) is 0 Å². The average molecular weight is 334 g/mol. The lowest BCUT2D eigenvalue weighted by molar-refractivity contribution is 0.0961. The van der Waals surface area contributed by atoms with Crippen molar-refractivity contribution in [2.45, 2.75) is 25.4 Å². The van der Waals surface area contributed by atoms with Crippen molar-refractivity contribution in [1.82, 2.24) is 20.6 Å². The Morgan fingerprint density at radius 3 is 3.00 bits per heavy atom. The Morgan fingerprint density at radius 2 is 2.30 bits per heavy atom. The number of hydrogen-bond acceptors (Lipinski definition) is 6. The van der Waals surface area contributed by atoms with Crippen LogP contribution in [0.4, 0.5) is 5.95 Å². The number of benzene rings is 1. The fourth-order valence-electron chi connectivity index (χ4n) is 2.34. The molecular formula is C14H12ClN5O3. The zero-order valence-corrected chi connectivity index (χ0v) is 12.6. The van der Waals surface area contributed by atoms with Crippen LogP contribution in [0.1, 0.15) is 29.8 Å². The smallest absolute Gasteiger partial charge is 0.297 e. The minimum atomic E-state index is -0.506. The van der Waals surface area contributed by atoms with Gasteiger partial charge in [-0.15, -0.1) is 5.10 Å². The number of carbonyl (C=O) groups excluding carboxylic acids is 1. The number of hydrogen-bond donors (Lipinski definition) is 2. The molecule has 1 fully saturated rings. The predicted octanol–water partition coefficient (Wildman–Crippen LogP) is 2.78. The first-order chi connectivity index (χ1) is 11.2. The number of anilines is 1. The van der Waals surface area contributed by atoms with Crippen LogP contribution in [-0.2, 0) is 0 Å². The van der Waals surface area contributed by atoms with E-state index in [-0.39, 0.29) is 17.8 Å². The molecule has 23 heavy (non-hydrogen) atoms. The molecule has 0 saturated heterocycles. The number of carbonyl (C=O) groups is 1. The van der Waals surface area contributed by atoms with Gasteiger partial charge in [-0.2, -0.15) is 5.21 Å². The third kappa shape index (κ3) is 2.61. The molecule has 118 valence electrons. The van der Waals surface area contributed by atoms with Gasteiger partial charge in [-0.1, -0.05) is 16.7 Å². The average Bonchev–Trinajstić information content (AvgIpc) is 3.10. The van der Waals surface area contributed by atoms with Crippen LogP contribution in [-0.4, -0.2) is 32.6 Å². The summed E-state index contributed by atoms with van der Waals surface area (Å²) in [5, 5.41) is 16.7. The van der Waals surface area contributed by atoms with Gasteiger partial charge in [-0.3, -0.25) is 10.1 Å². The highest BCUT2D eigenvalue weighted by atomic mass is 35.5. The third-order valence-electron chi connectivity index (χ3n) is 3.72. The van der Waals surface area contributed by atoms with Crippen molar-refractivity contribution in [1.29, 1.82) is 0 Å². The molecule has 3 aromatic rings. The summed E-state index contributed by atoms with van der Waals surface area (Å²) < 4.78 is 11.6. The van der Waals surface area contributed by atoms with Crippen LogP contribution in [0.25, 0.3) is 11.0 Å². The summed E-state index contributed by atoms with van der Waals surface area (Å²) in [7, 11) is 0. The minimum absolute atomic E-state index is 0.0584. The quantitative estimate of drug-likeness (QED) is 0.760. The first-order valence-electron chi connectivity index (χ1n) is 7.14. The molecule has 1 aromatic carbocycles. The van der Waals surface area contributed by atoms with E-state index >= 15 is 0 Å². The molecule has 1 aliphatic rings. The topological polar surface area (TPSA) is 106 Å². The molecule has 0 radical (unpaired) electrons. The Labute approximate surface area is 135 Å². The van der Waals surface area contributed by atoms with Gasteiger partial charge in [0.15, 0.2) is 5.75 Å². The standard InChI is InChI=1S/C14H12ClN5O3/c15-7-4-5-10-9(6-7)11(22-8-2-1-3-8)12(23-10)13(21)16-14-17-19-20-18-14/h4-6,8H,1-3H2,(H2,16,17,18,19,20,21). The minimum Gasteiger partial charge on any atom is -0.486 e. The highest BCUT2D eigenvalue weighted by molar-refractivity contribution is 6.31. The maximum atomic E-state index is 12.4.